The summed E-state index contributed by atoms with van der Waals surface area (Å²) in [6.45, 7) is 8.19. The van der Waals surface area contributed by atoms with Crippen LogP contribution in [0.4, 0.5) is 5.69 Å². The molecule has 2 N–H and O–H groups in total. The summed E-state index contributed by atoms with van der Waals surface area (Å²) >= 11 is 5.41. The summed E-state index contributed by atoms with van der Waals surface area (Å²) in [6.07, 6.45) is 2.38. The van der Waals surface area contributed by atoms with Crippen LogP contribution in [0, 0.1) is 0 Å². The first-order chi connectivity index (χ1) is 13.1. The second kappa shape index (κ2) is 9.72. The fourth-order valence-corrected chi connectivity index (χ4v) is 3.56. The molecule has 2 aromatic carbocycles. The second-order valence-electron chi connectivity index (χ2n) is 7.22. The van der Waals surface area contributed by atoms with Crippen LogP contribution in [0.3, 0.4) is 0 Å². The Morgan fingerprint density at radius 2 is 1.96 bits per heavy atom. The lowest BCUT2D eigenvalue weighted by Crippen LogP contribution is -2.34. The molecule has 1 aliphatic heterocycles. The van der Waals surface area contributed by atoms with Crippen LogP contribution in [0.1, 0.15) is 31.4 Å². The minimum Gasteiger partial charge on any atom is -0.491 e. The van der Waals surface area contributed by atoms with Gasteiger partial charge in [0.25, 0.3) is 0 Å². The zero-order valence-electron chi connectivity index (χ0n) is 16.2. The Kier molecular flexibility index (Phi) is 7.07. The van der Waals surface area contributed by atoms with Crippen LogP contribution in [0.25, 0.3) is 0 Å². The first-order valence-electron chi connectivity index (χ1n) is 9.71. The van der Waals surface area contributed by atoms with E-state index in [9.17, 15) is 0 Å². The molecule has 0 amide bonds. The number of nitrogens with zero attached hydrogens (tertiary/aromatic N) is 1. The molecule has 0 aromatic heterocycles. The fourth-order valence-electron chi connectivity index (χ4n) is 3.34. The third kappa shape index (κ3) is 6.22. The molecule has 1 heterocycles. The van der Waals surface area contributed by atoms with Crippen LogP contribution in [0.15, 0.2) is 48.5 Å². The van der Waals surface area contributed by atoms with Gasteiger partial charge in [0.05, 0.1) is 6.10 Å². The maximum absolute atomic E-state index is 5.72. The average Bonchev–Trinajstić information content (AvgIpc) is 2.65. The number of hydrogen-bond donors (Lipinski definition) is 2. The Hall–Kier alpha value is -2.11. The Morgan fingerprint density at radius 1 is 1.15 bits per heavy atom. The third-order valence-electron chi connectivity index (χ3n) is 4.61. The molecule has 27 heavy (non-hydrogen) atoms. The summed E-state index contributed by atoms with van der Waals surface area (Å²) < 4.78 is 5.72. The molecule has 5 heteroatoms. The molecule has 0 unspecified atom stereocenters. The second-order valence-corrected chi connectivity index (χ2v) is 7.63. The highest BCUT2D eigenvalue weighted by Crippen LogP contribution is 2.19. The Morgan fingerprint density at radius 3 is 2.78 bits per heavy atom. The lowest BCUT2D eigenvalue weighted by Gasteiger charge is -2.28. The van der Waals surface area contributed by atoms with Crippen molar-refractivity contribution in [3.05, 3.63) is 59.7 Å². The number of rotatable bonds is 7. The minimum absolute atomic E-state index is 0.159. The highest BCUT2D eigenvalue weighted by Gasteiger charge is 2.14. The molecule has 2 aromatic rings. The van der Waals surface area contributed by atoms with Crippen LogP contribution < -0.4 is 15.4 Å². The van der Waals surface area contributed by atoms with Crippen molar-refractivity contribution in [1.29, 1.82) is 0 Å². The lowest BCUT2D eigenvalue weighted by atomic mass is 10.00. The summed E-state index contributed by atoms with van der Waals surface area (Å²) in [5.74, 6) is 0.850. The number of thiocarbonyl (C=S) groups is 1. The summed E-state index contributed by atoms with van der Waals surface area (Å²) in [6, 6.07) is 16.7. The van der Waals surface area contributed by atoms with Gasteiger partial charge in [-0.1, -0.05) is 30.3 Å². The molecule has 0 atom stereocenters. The van der Waals surface area contributed by atoms with Crippen LogP contribution in [0.5, 0.6) is 5.75 Å². The quantitative estimate of drug-likeness (QED) is 0.553. The number of fused-ring (bicyclic) bond motifs is 1. The third-order valence-corrected chi connectivity index (χ3v) is 4.86. The standard InChI is InChI=1S/C22H29N3OS/c1-17(2)26-21-10-5-9-20(15-21)24-22(27)23-12-6-13-25-14-11-18-7-3-4-8-19(18)16-25/h3-5,7-10,15,17H,6,11-14,16H2,1-2H3,(H2,23,24,27). The van der Waals surface area contributed by atoms with Crippen molar-refractivity contribution in [3.8, 4) is 5.75 Å². The Balaban J connectivity index is 1.37. The molecule has 0 bridgehead atoms. The highest BCUT2D eigenvalue weighted by molar-refractivity contribution is 7.80. The number of ether oxygens (including phenoxy) is 1. The van der Waals surface area contributed by atoms with Crippen molar-refractivity contribution in [2.45, 2.75) is 39.3 Å². The first kappa shape index (κ1) is 19.6. The summed E-state index contributed by atoms with van der Waals surface area (Å²) in [7, 11) is 0. The van der Waals surface area contributed by atoms with Crippen LogP contribution >= 0.6 is 12.2 Å². The van der Waals surface area contributed by atoms with Gasteiger partial charge >= 0.3 is 0 Å². The predicted molar refractivity (Wildman–Crippen MR) is 116 cm³/mol. The average molecular weight is 384 g/mol. The highest BCUT2D eigenvalue weighted by atomic mass is 32.1. The summed E-state index contributed by atoms with van der Waals surface area (Å²) in [5, 5.41) is 7.19. The lowest BCUT2D eigenvalue weighted by molar-refractivity contribution is 0.242. The van der Waals surface area contributed by atoms with E-state index in [0.29, 0.717) is 5.11 Å². The fraction of sp³-hybridized carbons (Fsp3) is 0.409. The topological polar surface area (TPSA) is 36.5 Å². The molecule has 0 radical (unpaired) electrons. The monoisotopic (exact) mass is 383 g/mol. The van der Waals surface area contributed by atoms with Gasteiger partial charge < -0.3 is 15.4 Å². The number of anilines is 1. The molecular weight excluding hydrogens is 354 g/mol. The van der Waals surface area contributed by atoms with Gasteiger partial charge in [0.15, 0.2) is 5.11 Å². The van der Waals surface area contributed by atoms with Crippen LogP contribution in [-0.2, 0) is 13.0 Å². The molecule has 0 fully saturated rings. The normalized spacial score (nSPS) is 13.9. The molecule has 0 spiro atoms. The Bertz CT molecular complexity index is 763. The van der Waals surface area contributed by atoms with Crippen molar-refractivity contribution < 1.29 is 4.74 Å². The Labute approximate surface area is 167 Å². The van der Waals surface area contributed by atoms with E-state index in [0.717, 1.165) is 50.5 Å². The molecule has 144 valence electrons. The van der Waals surface area contributed by atoms with Gasteiger partial charge in [-0.05, 0) is 62.2 Å². The molecule has 0 saturated carbocycles. The van der Waals surface area contributed by atoms with Crippen LogP contribution in [0.2, 0.25) is 0 Å². The molecule has 0 aliphatic carbocycles. The zero-order valence-corrected chi connectivity index (χ0v) is 17.0. The minimum atomic E-state index is 0.159. The predicted octanol–water partition coefficient (Wildman–Crippen LogP) is 4.21. The largest absolute Gasteiger partial charge is 0.491 e. The maximum atomic E-state index is 5.72. The van der Waals surface area contributed by atoms with E-state index in [4.69, 9.17) is 17.0 Å². The summed E-state index contributed by atoms with van der Waals surface area (Å²) in [4.78, 5) is 2.52. The van der Waals surface area contributed by atoms with Gasteiger partial charge in [-0.3, -0.25) is 4.90 Å². The van der Waals surface area contributed by atoms with Crippen molar-refractivity contribution in [2.24, 2.45) is 0 Å². The van der Waals surface area contributed by atoms with Crippen molar-refractivity contribution >= 4 is 23.0 Å². The maximum Gasteiger partial charge on any atom is 0.170 e. The molecule has 1 aliphatic rings. The van der Waals surface area contributed by atoms with Gasteiger partial charge in [-0.2, -0.15) is 0 Å². The van der Waals surface area contributed by atoms with Gasteiger partial charge in [-0.25, -0.2) is 0 Å². The smallest absolute Gasteiger partial charge is 0.170 e. The molecule has 4 nitrogen and oxygen atoms in total. The summed E-state index contributed by atoms with van der Waals surface area (Å²) in [5.41, 5.74) is 3.91. The number of nitrogens with one attached hydrogen (secondary N) is 2. The van der Waals surface area contributed by atoms with E-state index in [-0.39, 0.29) is 6.10 Å². The molecule has 3 rings (SSSR count). The van der Waals surface area contributed by atoms with E-state index in [1.54, 1.807) is 0 Å². The van der Waals surface area contributed by atoms with Crippen LogP contribution in [-0.4, -0.2) is 35.8 Å². The van der Waals surface area contributed by atoms with Gasteiger partial charge in [0.1, 0.15) is 5.75 Å². The van der Waals surface area contributed by atoms with Crippen molar-refractivity contribution in [3.63, 3.8) is 0 Å². The van der Waals surface area contributed by atoms with Gasteiger partial charge in [0, 0.05) is 37.9 Å². The van der Waals surface area contributed by atoms with E-state index >= 15 is 0 Å². The van der Waals surface area contributed by atoms with Gasteiger partial charge in [0.2, 0.25) is 0 Å². The molecular formula is C22H29N3OS. The van der Waals surface area contributed by atoms with E-state index in [1.807, 2.05) is 38.1 Å². The first-order valence-corrected chi connectivity index (χ1v) is 10.1. The zero-order chi connectivity index (χ0) is 19.1. The molecule has 0 saturated heterocycles. The van der Waals surface area contributed by atoms with Crippen molar-refractivity contribution in [1.82, 2.24) is 10.2 Å². The van der Waals surface area contributed by atoms with Crippen molar-refractivity contribution in [2.75, 3.05) is 25.0 Å². The number of benzene rings is 2. The SMILES string of the molecule is CC(C)Oc1cccc(NC(=S)NCCCN2CCc3ccccc3C2)c1. The van der Waals surface area contributed by atoms with E-state index < -0.39 is 0 Å². The van der Waals surface area contributed by atoms with E-state index in [2.05, 4.69) is 39.8 Å². The van der Waals surface area contributed by atoms with E-state index in [1.165, 1.54) is 11.1 Å². The number of hydrogen-bond acceptors (Lipinski definition) is 3. The van der Waals surface area contributed by atoms with Gasteiger partial charge in [-0.15, -0.1) is 0 Å².